The van der Waals surface area contributed by atoms with Gasteiger partial charge in [-0.2, -0.15) is 0 Å². The van der Waals surface area contributed by atoms with Crippen molar-refractivity contribution in [3.05, 3.63) is 81.9 Å². The third kappa shape index (κ3) is 4.95. The molecule has 1 atom stereocenters. The van der Waals surface area contributed by atoms with Crippen molar-refractivity contribution >= 4 is 33.4 Å². The lowest BCUT2D eigenvalue weighted by Gasteiger charge is -2.26. The van der Waals surface area contributed by atoms with Gasteiger partial charge in [-0.25, -0.2) is 0 Å². The number of carbonyl (C=O) groups excluding carboxylic acids is 2. The summed E-state index contributed by atoms with van der Waals surface area (Å²) in [5, 5.41) is 11.2. The van der Waals surface area contributed by atoms with E-state index in [1.54, 1.807) is 24.3 Å². The second kappa shape index (κ2) is 10.1. The third-order valence-corrected chi connectivity index (χ3v) is 5.85. The van der Waals surface area contributed by atoms with Crippen molar-refractivity contribution < 1.29 is 19.4 Å². The molecule has 1 N–H and O–H groups in total. The molecular formula is C25H27BrN2O4. The number of hydrogen-bond acceptors (Lipinski definition) is 5. The number of nitrogens with zero attached hydrogens (tertiary/aromatic N) is 2. The number of likely N-dealkylation sites (tertiary alicyclic amines) is 1. The normalized spacial score (nSPS) is 17.8. The van der Waals surface area contributed by atoms with Gasteiger partial charge in [0.25, 0.3) is 11.7 Å². The molecule has 1 amide bonds. The molecule has 0 saturated carbocycles. The molecule has 7 heteroatoms. The summed E-state index contributed by atoms with van der Waals surface area (Å²) in [6, 6.07) is 11.9. The third-order valence-electron chi connectivity index (χ3n) is 5.32. The van der Waals surface area contributed by atoms with E-state index in [4.69, 9.17) is 4.74 Å². The zero-order valence-corrected chi connectivity index (χ0v) is 20.1. The Hall–Kier alpha value is -2.90. The number of aliphatic hydroxyl groups is 1. The molecule has 0 aliphatic carbocycles. The zero-order chi connectivity index (χ0) is 23.4. The van der Waals surface area contributed by atoms with E-state index in [0.29, 0.717) is 31.0 Å². The molecule has 6 nitrogen and oxygen atoms in total. The summed E-state index contributed by atoms with van der Waals surface area (Å²) in [5.41, 5.74) is 2.12. The summed E-state index contributed by atoms with van der Waals surface area (Å²) in [6.45, 7) is 6.82. The molecule has 2 aromatic carbocycles. The predicted octanol–water partition coefficient (Wildman–Crippen LogP) is 4.31. The number of hydrogen-bond donors (Lipinski definition) is 1. The van der Waals surface area contributed by atoms with Gasteiger partial charge < -0.3 is 19.6 Å². The van der Waals surface area contributed by atoms with E-state index in [2.05, 4.69) is 22.5 Å². The first-order valence-electron chi connectivity index (χ1n) is 10.3. The van der Waals surface area contributed by atoms with Crippen LogP contribution in [0.15, 0.2) is 65.2 Å². The van der Waals surface area contributed by atoms with Crippen molar-refractivity contribution in [3.8, 4) is 5.75 Å². The van der Waals surface area contributed by atoms with Crippen molar-refractivity contribution in [2.75, 3.05) is 33.8 Å². The Bertz CT molecular complexity index is 1060. The lowest BCUT2D eigenvalue weighted by Crippen LogP contribution is -2.35. The summed E-state index contributed by atoms with van der Waals surface area (Å²) in [6.07, 6.45) is 1.65. The summed E-state index contributed by atoms with van der Waals surface area (Å²) in [5.74, 6) is -0.817. The first-order valence-corrected chi connectivity index (χ1v) is 11.1. The van der Waals surface area contributed by atoms with E-state index in [1.165, 1.54) is 4.90 Å². The second-order valence-corrected chi connectivity index (χ2v) is 8.84. The topological polar surface area (TPSA) is 70.1 Å². The molecule has 0 radical (unpaired) electrons. The quantitative estimate of drug-likeness (QED) is 0.254. The van der Waals surface area contributed by atoms with E-state index in [-0.39, 0.29) is 11.3 Å². The van der Waals surface area contributed by atoms with E-state index < -0.39 is 17.7 Å². The van der Waals surface area contributed by atoms with Gasteiger partial charge in [0.1, 0.15) is 18.1 Å². The molecule has 168 valence electrons. The number of carbonyl (C=O) groups is 2. The number of likely N-dealkylation sites (N-methyl/N-ethyl adjacent to an activating group) is 1. The number of halogens is 1. The number of benzene rings is 2. The molecule has 1 aliphatic rings. The molecule has 2 aromatic rings. The maximum Gasteiger partial charge on any atom is 0.295 e. The Morgan fingerprint density at radius 1 is 1.22 bits per heavy atom. The van der Waals surface area contributed by atoms with E-state index in [9.17, 15) is 14.7 Å². The first kappa shape index (κ1) is 23.8. The molecule has 1 heterocycles. The Kier molecular flexibility index (Phi) is 7.53. The first-order chi connectivity index (χ1) is 15.2. The molecule has 0 bridgehead atoms. The predicted molar refractivity (Wildman–Crippen MR) is 129 cm³/mol. The zero-order valence-electron chi connectivity index (χ0n) is 18.5. The van der Waals surface area contributed by atoms with Gasteiger partial charge in [-0.15, -0.1) is 0 Å². The number of ether oxygens (including phenoxy) is 1. The van der Waals surface area contributed by atoms with E-state index >= 15 is 0 Å². The van der Waals surface area contributed by atoms with Gasteiger partial charge in [0, 0.05) is 23.1 Å². The molecule has 32 heavy (non-hydrogen) atoms. The average Bonchev–Trinajstić information content (AvgIpc) is 3.01. The monoisotopic (exact) mass is 498 g/mol. The van der Waals surface area contributed by atoms with Crippen LogP contribution in [0.2, 0.25) is 0 Å². The molecule has 0 aromatic heterocycles. The number of rotatable bonds is 8. The summed E-state index contributed by atoms with van der Waals surface area (Å²) >= 11 is 3.42. The maximum atomic E-state index is 13.1. The van der Waals surface area contributed by atoms with Crippen LogP contribution >= 0.6 is 15.9 Å². The van der Waals surface area contributed by atoms with Crippen LogP contribution in [0, 0.1) is 6.92 Å². The lowest BCUT2D eigenvalue weighted by atomic mass is 9.95. The number of aryl methyl sites for hydroxylation is 1. The van der Waals surface area contributed by atoms with Gasteiger partial charge in [-0.3, -0.25) is 9.59 Å². The van der Waals surface area contributed by atoms with E-state index in [1.807, 2.05) is 50.2 Å². The van der Waals surface area contributed by atoms with Crippen molar-refractivity contribution in [3.63, 3.8) is 0 Å². The van der Waals surface area contributed by atoms with Crippen LogP contribution in [0.5, 0.6) is 5.75 Å². The minimum Gasteiger partial charge on any atom is -0.507 e. The molecule has 1 aliphatic heterocycles. The molecule has 3 rings (SSSR count). The fourth-order valence-electron chi connectivity index (χ4n) is 3.67. The highest BCUT2D eigenvalue weighted by atomic mass is 79.9. The Morgan fingerprint density at radius 2 is 1.91 bits per heavy atom. The fourth-order valence-corrected chi connectivity index (χ4v) is 3.94. The van der Waals surface area contributed by atoms with Gasteiger partial charge in [-0.1, -0.05) is 40.7 Å². The summed E-state index contributed by atoms with van der Waals surface area (Å²) < 4.78 is 6.49. The molecule has 1 unspecified atom stereocenters. The van der Waals surface area contributed by atoms with Crippen molar-refractivity contribution in [2.45, 2.75) is 13.0 Å². The highest BCUT2D eigenvalue weighted by Crippen LogP contribution is 2.40. The number of Topliss-reactive ketones (excluding diaryl/α,β-unsaturated/α-hetero) is 1. The lowest BCUT2D eigenvalue weighted by molar-refractivity contribution is -0.140. The number of aliphatic hydroxyl groups excluding tert-OH is 1. The molecule has 0 spiro atoms. The minimum atomic E-state index is -0.682. The Balaban J connectivity index is 2.09. The summed E-state index contributed by atoms with van der Waals surface area (Å²) in [7, 11) is 3.81. The van der Waals surface area contributed by atoms with Crippen LogP contribution in [0.1, 0.15) is 22.7 Å². The van der Waals surface area contributed by atoms with Gasteiger partial charge in [-0.05, 0) is 62.5 Å². The summed E-state index contributed by atoms with van der Waals surface area (Å²) in [4.78, 5) is 29.5. The van der Waals surface area contributed by atoms with Crippen LogP contribution in [0.3, 0.4) is 0 Å². The Labute approximate surface area is 196 Å². The van der Waals surface area contributed by atoms with Crippen LogP contribution in [0.4, 0.5) is 0 Å². The van der Waals surface area contributed by atoms with Crippen molar-refractivity contribution in [1.29, 1.82) is 0 Å². The smallest absolute Gasteiger partial charge is 0.295 e. The van der Waals surface area contributed by atoms with Gasteiger partial charge in [0.15, 0.2) is 0 Å². The molecule has 1 saturated heterocycles. The van der Waals surface area contributed by atoms with Crippen LogP contribution in [0.25, 0.3) is 5.76 Å². The van der Waals surface area contributed by atoms with E-state index in [0.717, 1.165) is 15.6 Å². The minimum absolute atomic E-state index is 0.0928. The van der Waals surface area contributed by atoms with Crippen LogP contribution in [-0.4, -0.2) is 60.4 Å². The van der Waals surface area contributed by atoms with Gasteiger partial charge in [0.05, 0.1) is 11.6 Å². The highest BCUT2D eigenvalue weighted by Gasteiger charge is 2.45. The highest BCUT2D eigenvalue weighted by molar-refractivity contribution is 9.10. The standard InChI is InChI=1S/C25H27BrN2O4/c1-5-14-32-20-11-8-18(15-16(20)2)23(29)21-22(17-6-9-19(26)10-7-17)28(13-12-27(3)4)25(31)24(21)30/h5-11,15,22,29H,1,12-14H2,2-4H3. The fraction of sp³-hybridized carbons (Fsp3) is 0.280. The average molecular weight is 499 g/mol. The van der Waals surface area contributed by atoms with Crippen molar-refractivity contribution in [1.82, 2.24) is 9.80 Å². The van der Waals surface area contributed by atoms with Gasteiger partial charge in [0.2, 0.25) is 0 Å². The largest absolute Gasteiger partial charge is 0.507 e. The molecule has 1 fully saturated rings. The van der Waals surface area contributed by atoms with Crippen LogP contribution < -0.4 is 4.74 Å². The second-order valence-electron chi connectivity index (χ2n) is 7.93. The Morgan fingerprint density at radius 3 is 2.50 bits per heavy atom. The van der Waals surface area contributed by atoms with Crippen LogP contribution in [-0.2, 0) is 9.59 Å². The number of ketones is 1. The maximum absolute atomic E-state index is 13.1. The van der Waals surface area contributed by atoms with Gasteiger partial charge >= 0.3 is 0 Å². The molecular weight excluding hydrogens is 472 g/mol. The number of amides is 1. The van der Waals surface area contributed by atoms with Crippen molar-refractivity contribution in [2.24, 2.45) is 0 Å². The SMILES string of the molecule is C=CCOc1ccc(C(O)=C2C(=O)C(=O)N(CCN(C)C)C2c2ccc(Br)cc2)cc1C.